The average molecular weight is 330 g/mol. The molecule has 0 radical (unpaired) electrons. The molecule has 1 aliphatic rings. The number of carbonyl (C=O) groups is 1. The van der Waals surface area contributed by atoms with Crippen molar-refractivity contribution in [2.24, 2.45) is 0 Å². The van der Waals surface area contributed by atoms with Gasteiger partial charge in [-0.05, 0) is 34.7 Å². The smallest absolute Gasteiger partial charge is 0.176 e. The minimum Gasteiger partial charge on any atom is -0.314 e. The fourth-order valence-corrected chi connectivity index (χ4v) is 2.16. The van der Waals surface area contributed by atoms with E-state index in [2.05, 4.69) is 32.8 Å². The van der Waals surface area contributed by atoms with E-state index in [1.807, 2.05) is 24.3 Å². The van der Waals surface area contributed by atoms with Crippen molar-refractivity contribution in [2.75, 3.05) is 32.7 Å². The van der Waals surface area contributed by atoms with E-state index in [1.54, 1.807) is 0 Å². The predicted octanol–water partition coefficient (Wildman–Crippen LogP) is 1.38. The summed E-state index contributed by atoms with van der Waals surface area (Å²) in [4.78, 5) is 14.2. The number of hydrogen-bond acceptors (Lipinski definition) is 3. The molecule has 3 nitrogen and oxygen atoms in total. The van der Waals surface area contributed by atoms with Crippen LogP contribution in [0.2, 0.25) is 0 Å². The molecule has 1 aromatic carbocycles. The SMILES string of the molecule is O=C(CN1CCNCC1)c1ccc(I)cc1. The highest BCUT2D eigenvalue weighted by molar-refractivity contribution is 14.1. The first-order valence-corrected chi connectivity index (χ1v) is 6.55. The predicted molar refractivity (Wildman–Crippen MR) is 72.8 cm³/mol. The summed E-state index contributed by atoms with van der Waals surface area (Å²) in [5.74, 6) is 0.221. The first-order chi connectivity index (χ1) is 7.75. The summed E-state index contributed by atoms with van der Waals surface area (Å²) < 4.78 is 1.16. The molecule has 86 valence electrons. The topological polar surface area (TPSA) is 32.3 Å². The van der Waals surface area contributed by atoms with E-state index in [-0.39, 0.29) is 5.78 Å². The summed E-state index contributed by atoms with van der Waals surface area (Å²) in [6.45, 7) is 4.45. The third kappa shape index (κ3) is 3.26. The maximum atomic E-state index is 12.0. The molecule has 0 saturated carbocycles. The largest absolute Gasteiger partial charge is 0.314 e. The Balaban J connectivity index is 1.94. The van der Waals surface area contributed by atoms with Gasteiger partial charge < -0.3 is 5.32 Å². The lowest BCUT2D eigenvalue weighted by atomic mass is 10.1. The van der Waals surface area contributed by atoms with Gasteiger partial charge in [0.1, 0.15) is 0 Å². The van der Waals surface area contributed by atoms with E-state index in [0.29, 0.717) is 6.54 Å². The van der Waals surface area contributed by atoms with Crippen LogP contribution in [0.5, 0.6) is 0 Å². The Hall–Kier alpha value is -0.460. The van der Waals surface area contributed by atoms with E-state index < -0.39 is 0 Å². The van der Waals surface area contributed by atoms with Crippen LogP contribution in [-0.2, 0) is 0 Å². The normalized spacial score (nSPS) is 17.3. The Morgan fingerprint density at radius 1 is 1.25 bits per heavy atom. The second-order valence-corrected chi connectivity index (χ2v) is 5.20. The first-order valence-electron chi connectivity index (χ1n) is 5.47. The maximum Gasteiger partial charge on any atom is 0.176 e. The quantitative estimate of drug-likeness (QED) is 0.671. The molecule has 0 spiro atoms. The Morgan fingerprint density at radius 2 is 1.88 bits per heavy atom. The van der Waals surface area contributed by atoms with Crippen LogP contribution in [0.25, 0.3) is 0 Å². The van der Waals surface area contributed by atoms with Gasteiger partial charge in [0.25, 0.3) is 0 Å². The van der Waals surface area contributed by atoms with Crippen LogP contribution in [0.15, 0.2) is 24.3 Å². The van der Waals surface area contributed by atoms with E-state index >= 15 is 0 Å². The Labute approximate surface area is 109 Å². The second kappa shape index (κ2) is 5.75. The van der Waals surface area contributed by atoms with Gasteiger partial charge in [-0.15, -0.1) is 0 Å². The lowest BCUT2D eigenvalue weighted by Gasteiger charge is -2.26. The summed E-state index contributed by atoms with van der Waals surface area (Å²) in [5.41, 5.74) is 0.818. The monoisotopic (exact) mass is 330 g/mol. The van der Waals surface area contributed by atoms with Crippen molar-refractivity contribution in [2.45, 2.75) is 0 Å². The summed E-state index contributed by atoms with van der Waals surface area (Å²) in [5, 5.41) is 3.28. The molecular weight excluding hydrogens is 315 g/mol. The number of ketones is 1. The lowest BCUT2D eigenvalue weighted by Crippen LogP contribution is -2.45. The molecule has 1 fully saturated rings. The Bertz CT molecular complexity index is 358. The molecule has 0 aliphatic carbocycles. The van der Waals surface area contributed by atoms with Crippen LogP contribution in [0.1, 0.15) is 10.4 Å². The van der Waals surface area contributed by atoms with Gasteiger partial charge in [-0.1, -0.05) is 12.1 Å². The van der Waals surface area contributed by atoms with Crippen molar-refractivity contribution < 1.29 is 4.79 Å². The molecule has 0 unspecified atom stereocenters. The molecule has 0 amide bonds. The molecule has 2 rings (SSSR count). The molecular formula is C12H15IN2O. The van der Waals surface area contributed by atoms with Gasteiger partial charge in [-0.2, -0.15) is 0 Å². The molecule has 0 bridgehead atoms. The van der Waals surface area contributed by atoms with Crippen molar-refractivity contribution in [3.63, 3.8) is 0 Å². The summed E-state index contributed by atoms with van der Waals surface area (Å²) in [7, 11) is 0. The molecule has 1 heterocycles. The van der Waals surface area contributed by atoms with Crippen molar-refractivity contribution in [3.8, 4) is 0 Å². The average Bonchev–Trinajstić information content (AvgIpc) is 2.31. The van der Waals surface area contributed by atoms with Gasteiger partial charge in [0.05, 0.1) is 6.54 Å². The molecule has 0 atom stereocenters. The fraction of sp³-hybridized carbons (Fsp3) is 0.417. The molecule has 0 aromatic heterocycles. The van der Waals surface area contributed by atoms with E-state index in [0.717, 1.165) is 35.3 Å². The number of rotatable bonds is 3. The van der Waals surface area contributed by atoms with Crippen molar-refractivity contribution in [1.82, 2.24) is 10.2 Å². The van der Waals surface area contributed by atoms with Crippen LogP contribution in [0.4, 0.5) is 0 Å². The van der Waals surface area contributed by atoms with Gasteiger partial charge in [0.15, 0.2) is 5.78 Å². The number of Topliss-reactive ketones (excluding diaryl/α,β-unsaturated/α-hetero) is 1. The third-order valence-electron chi connectivity index (χ3n) is 2.74. The first kappa shape index (κ1) is 12.0. The highest BCUT2D eigenvalue weighted by Gasteiger charge is 2.14. The molecule has 1 N–H and O–H groups in total. The minimum absolute atomic E-state index is 0.221. The van der Waals surface area contributed by atoms with Gasteiger partial charge >= 0.3 is 0 Å². The van der Waals surface area contributed by atoms with Gasteiger partial charge in [-0.25, -0.2) is 0 Å². The summed E-state index contributed by atoms with van der Waals surface area (Å²) in [6, 6.07) is 7.77. The van der Waals surface area contributed by atoms with Crippen LogP contribution < -0.4 is 5.32 Å². The van der Waals surface area contributed by atoms with Crippen molar-refractivity contribution in [1.29, 1.82) is 0 Å². The molecule has 1 saturated heterocycles. The van der Waals surface area contributed by atoms with Crippen LogP contribution >= 0.6 is 22.6 Å². The van der Waals surface area contributed by atoms with E-state index in [1.165, 1.54) is 0 Å². The zero-order valence-corrected chi connectivity index (χ0v) is 11.2. The number of carbonyl (C=O) groups excluding carboxylic acids is 1. The van der Waals surface area contributed by atoms with E-state index in [9.17, 15) is 4.79 Å². The number of benzene rings is 1. The Morgan fingerprint density at radius 3 is 2.50 bits per heavy atom. The molecule has 1 aromatic rings. The number of hydrogen-bond donors (Lipinski definition) is 1. The van der Waals surface area contributed by atoms with Crippen LogP contribution in [-0.4, -0.2) is 43.4 Å². The highest BCUT2D eigenvalue weighted by Crippen LogP contribution is 2.08. The van der Waals surface area contributed by atoms with E-state index in [4.69, 9.17) is 0 Å². The summed E-state index contributed by atoms with van der Waals surface area (Å²) in [6.07, 6.45) is 0. The van der Waals surface area contributed by atoms with Gasteiger partial charge in [0, 0.05) is 35.3 Å². The number of nitrogens with zero attached hydrogens (tertiary/aromatic N) is 1. The number of piperazine rings is 1. The number of nitrogens with one attached hydrogen (secondary N) is 1. The molecule has 16 heavy (non-hydrogen) atoms. The maximum absolute atomic E-state index is 12.0. The standard InChI is InChI=1S/C12H15IN2O/c13-11-3-1-10(2-4-11)12(16)9-15-7-5-14-6-8-15/h1-4,14H,5-9H2. The summed E-state index contributed by atoms with van der Waals surface area (Å²) >= 11 is 2.25. The fourth-order valence-electron chi connectivity index (χ4n) is 1.80. The van der Waals surface area contributed by atoms with Crippen molar-refractivity contribution in [3.05, 3.63) is 33.4 Å². The third-order valence-corrected chi connectivity index (χ3v) is 3.46. The van der Waals surface area contributed by atoms with Crippen LogP contribution in [0, 0.1) is 3.57 Å². The number of halogens is 1. The second-order valence-electron chi connectivity index (χ2n) is 3.96. The van der Waals surface area contributed by atoms with Gasteiger partial charge in [0.2, 0.25) is 0 Å². The minimum atomic E-state index is 0.221. The molecule has 4 heteroatoms. The van der Waals surface area contributed by atoms with Crippen molar-refractivity contribution >= 4 is 28.4 Å². The van der Waals surface area contributed by atoms with Crippen LogP contribution in [0.3, 0.4) is 0 Å². The Kier molecular flexibility index (Phi) is 4.31. The zero-order chi connectivity index (χ0) is 11.4. The zero-order valence-electron chi connectivity index (χ0n) is 9.08. The highest BCUT2D eigenvalue weighted by atomic mass is 127. The molecule has 1 aliphatic heterocycles. The van der Waals surface area contributed by atoms with Gasteiger partial charge in [-0.3, -0.25) is 9.69 Å². The lowest BCUT2D eigenvalue weighted by molar-refractivity contribution is 0.0921.